The second kappa shape index (κ2) is 17.8. The van der Waals surface area contributed by atoms with E-state index in [-0.39, 0.29) is 75.5 Å². The number of alkyl halides is 3. The van der Waals surface area contributed by atoms with Gasteiger partial charge in [-0.3, -0.25) is 23.4 Å². The van der Waals surface area contributed by atoms with Gasteiger partial charge in [0.1, 0.15) is 11.6 Å². The molecule has 2 aromatic carbocycles. The third kappa shape index (κ3) is 10.9. The van der Waals surface area contributed by atoms with Gasteiger partial charge in [-0.2, -0.15) is 13.2 Å². The summed E-state index contributed by atoms with van der Waals surface area (Å²) in [5.41, 5.74) is 6.83. The molecule has 0 atom stereocenters. The van der Waals surface area contributed by atoms with Crippen LogP contribution in [-0.4, -0.2) is 60.8 Å². The molecule has 13 nitrogen and oxygen atoms in total. The lowest BCUT2D eigenvalue weighted by atomic mass is 10.2. The van der Waals surface area contributed by atoms with E-state index in [2.05, 4.69) is 24.6 Å². The van der Waals surface area contributed by atoms with Crippen LogP contribution in [-0.2, 0) is 39.3 Å². The zero-order valence-electron chi connectivity index (χ0n) is 28.6. The summed E-state index contributed by atoms with van der Waals surface area (Å²) < 4.78 is 121. The maximum atomic E-state index is 13.4. The average molecular weight is 851 g/mol. The van der Waals surface area contributed by atoms with Crippen LogP contribution in [0.3, 0.4) is 0 Å². The molecule has 22 heteroatoms. The number of carbonyl (C=O) groups is 1. The fourth-order valence-corrected chi connectivity index (χ4v) is 6.99. The summed E-state index contributed by atoms with van der Waals surface area (Å²) >= 11 is 11.5. The Hall–Kier alpha value is -4.76. The highest BCUT2D eigenvalue weighted by molar-refractivity contribution is 7.93. The number of halogens is 7. The van der Waals surface area contributed by atoms with Gasteiger partial charge >= 0.3 is 12.1 Å². The molecule has 0 saturated heterocycles. The first-order chi connectivity index (χ1) is 25.8. The number of pyridine rings is 2. The van der Waals surface area contributed by atoms with Gasteiger partial charge in [-0.05, 0) is 74.5 Å². The Morgan fingerprint density at radius 2 is 1.25 bits per heavy atom. The molecular weight excluding hydrogens is 820 g/mol. The van der Waals surface area contributed by atoms with Crippen LogP contribution in [0, 0.1) is 11.6 Å². The fourth-order valence-electron chi connectivity index (χ4n) is 4.49. The first-order valence-corrected chi connectivity index (χ1v) is 19.7. The molecule has 0 bridgehead atoms. The molecule has 0 aliphatic carbocycles. The maximum absolute atomic E-state index is 13.4. The number of hydrogen-bond acceptors (Lipinski definition) is 11. The van der Waals surface area contributed by atoms with Crippen molar-refractivity contribution in [2.45, 2.75) is 33.1 Å². The van der Waals surface area contributed by atoms with Crippen LogP contribution < -0.4 is 14.3 Å². The molecule has 0 amide bonds. The molecule has 0 saturated carbocycles. The SMILES string of the molecule is CCS(=O)(=O)N(Cc1ccc(-c2nnc(C(F)(F)F)o2)cn1)c1ccc(F)c(Cl)c1.CCS(=O)(=O)N(Cc1ccc(C(=O)CN)cn1)c1ccc(F)c(Cl)c1. The number of hydrogen-bond donors (Lipinski definition) is 1. The highest BCUT2D eigenvalue weighted by Gasteiger charge is 2.38. The van der Waals surface area contributed by atoms with Crippen molar-refractivity contribution < 1.29 is 48.0 Å². The highest BCUT2D eigenvalue weighted by Crippen LogP contribution is 2.31. The van der Waals surface area contributed by atoms with Crippen molar-refractivity contribution in [2.24, 2.45) is 5.73 Å². The molecule has 5 rings (SSSR count). The van der Waals surface area contributed by atoms with Gasteiger partial charge < -0.3 is 10.2 Å². The maximum Gasteiger partial charge on any atom is 0.470 e. The minimum atomic E-state index is -4.77. The van der Waals surface area contributed by atoms with Crippen molar-refractivity contribution in [3.05, 3.63) is 118 Å². The van der Waals surface area contributed by atoms with Crippen molar-refractivity contribution in [1.29, 1.82) is 0 Å². The standard InChI is InChI=1S/C17H13ClF4N4O3S.C16H17ClFN3O3S/c1-2-30(27,28)26(12-5-6-14(19)13(18)7-12)9-11-4-3-10(8-23-11)15-24-25-16(29-15)17(20,21)22;1-2-25(23,24)21(13-5-6-15(18)14(17)7-13)10-12-4-3-11(9-20-12)16(22)8-19/h3-8H,2,9H2,1H3;3-7,9H,2,8,10,19H2,1H3. The van der Waals surface area contributed by atoms with Gasteiger partial charge in [0, 0.05) is 18.0 Å². The average Bonchev–Trinajstić information content (AvgIpc) is 3.67. The van der Waals surface area contributed by atoms with E-state index >= 15 is 0 Å². The van der Waals surface area contributed by atoms with E-state index in [1.54, 1.807) is 6.07 Å². The lowest BCUT2D eigenvalue weighted by Crippen LogP contribution is -2.32. The lowest BCUT2D eigenvalue weighted by molar-refractivity contribution is -0.156. The third-order valence-corrected chi connectivity index (χ3v) is 11.5. The summed E-state index contributed by atoms with van der Waals surface area (Å²) in [6.45, 7) is 2.53. The van der Waals surface area contributed by atoms with Crippen LogP contribution in [0.25, 0.3) is 11.5 Å². The first-order valence-electron chi connectivity index (χ1n) is 15.7. The minimum Gasteiger partial charge on any atom is -0.413 e. The third-order valence-electron chi connectivity index (χ3n) is 7.47. The summed E-state index contributed by atoms with van der Waals surface area (Å²) in [5.74, 6) is -3.85. The summed E-state index contributed by atoms with van der Waals surface area (Å²) in [4.78, 5) is 19.7. The van der Waals surface area contributed by atoms with Crippen LogP contribution >= 0.6 is 23.2 Å². The molecular formula is C33H30Cl2F5N7O6S2. The molecule has 294 valence electrons. The van der Waals surface area contributed by atoms with Gasteiger partial charge in [0.2, 0.25) is 25.9 Å². The number of nitrogens with zero attached hydrogens (tertiary/aromatic N) is 6. The zero-order chi connectivity index (χ0) is 40.7. The molecule has 0 aliphatic rings. The highest BCUT2D eigenvalue weighted by atomic mass is 35.5. The second-order valence-corrected chi connectivity index (χ2v) is 16.3. The van der Waals surface area contributed by atoms with Gasteiger partial charge in [-0.1, -0.05) is 23.2 Å². The van der Waals surface area contributed by atoms with Crippen LogP contribution in [0.4, 0.5) is 33.3 Å². The summed E-state index contributed by atoms with van der Waals surface area (Å²) in [5, 5.41) is 5.84. The number of nitrogens with two attached hydrogens (primary N) is 1. The Morgan fingerprint density at radius 1 is 0.764 bits per heavy atom. The minimum absolute atomic E-state index is 0.0742. The molecule has 0 spiro atoms. The number of carbonyl (C=O) groups excluding carboxylic acids is 1. The Labute approximate surface area is 322 Å². The van der Waals surface area contributed by atoms with Crippen molar-refractivity contribution in [3.63, 3.8) is 0 Å². The summed E-state index contributed by atoms with van der Waals surface area (Å²) in [7, 11) is -7.42. The second-order valence-electron chi connectivity index (χ2n) is 11.1. The monoisotopic (exact) mass is 849 g/mol. The Balaban J connectivity index is 0.000000249. The zero-order valence-corrected chi connectivity index (χ0v) is 31.8. The van der Waals surface area contributed by atoms with E-state index in [4.69, 9.17) is 28.9 Å². The van der Waals surface area contributed by atoms with Gasteiger partial charge in [0.15, 0.2) is 5.78 Å². The number of sulfonamides is 2. The molecule has 5 aromatic rings. The molecule has 0 radical (unpaired) electrons. The Kier molecular flexibility index (Phi) is 13.9. The molecule has 3 heterocycles. The Bertz CT molecular complexity index is 2350. The van der Waals surface area contributed by atoms with Crippen molar-refractivity contribution in [2.75, 3.05) is 26.7 Å². The number of ketones is 1. The largest absolute Gasteiger partial charge is 0.470 e. The molecule has 2 N–H and O–H groups in total. The predicted molar refractivity (Wildman–Crippen MR) is 194 cm³/mol. The van der Waals surface area contributed by atoms with E-state index in [0.29, 0.717) is 11.3 Å². The lowest BCUT2D eigenvalue weighted by Gasteiger charge is -2.24. The van der Waals surface area contributed by atoms with E-state index in [0.717, 1.165) is 20.7 Å². The predicted octanol–water partition coefficient (Wildman–Crippen LogP) is 6.67. The van der Waals surface area contributed by atoms with E-state index in [1.165, 1.54) is 68.7 Å². The fraction of sp³-hybridized carbons (Fsp3) is 0.242. The van der Waals surface area contributed by atoms with Gasteiger partial charge in [-0.15, -0.1) is 10.2 Å². The van der Waals surface area contributed by atoms with E-state index < -0.39 is 43.7 Å². The van der Waals surface area contributed by atoms with E-state index in [9.17, 15) is 43.6 Å². The molecule has 55 heavy (non-hydrogen) atoms. The van der Waals surface area contributed by atoms with Crippen molar-refractivity contribution in [3.8, 4) is 11.5 Å². The summed E-state index contributed by atoms with van der Waals surface area (Å²) in [6, 6.07) is 13.0. The van der Waals surface area contributed by atoms with Crippen LogP contribution in [0.1, 0.15) is 41.5 Å². The molecule has 0 unspecified atom stereocenters. The van der Waals surface area contributed by atoms with Gasteiger partial charge in [-0.25, -0.2) is 25.6 Å². The topological polar surface area (TPSA) is 183 Å². The van der Waals surface area contributed by atoms with Gasteiger partial charge in [0.25, 0.3) is 0 Å². The summed E-state index contributed by atoms with van der Waals surface area (Å²) in [6.07, 6.45) is -2.25. The first kappa shape index (κ1) is 43.0. The number of benzene rings is 2. The molecule has 0 aliphatic heterocycles. The van der Waals surface area contributed by atoms with Gasteiger partial charge in [0.05, 0.1) is 69.5 Å². The van der Waals surface area contributed by atoms with Crippen LogP contribution in [0.2, 0.25) is 10.0 Å². The quantitative estimate of drug-likeness (QED) is 0.0987. The van der Waals surface area contributed by atoms with Crippen LogP contribution in [0.15, 0.2) is 77.5 Å². The van der Waals surface area contributed by atoms with E-state index in [1.807, 2.05) is 0 Å². The normalized spacial score (nSPS) is 11.8. The van der Waals surface area contributed by atoms with Crippen LogP contribution in [0.5, 0.6) is 0 Å². The molecule has 0 fully saturated rings. The van der Waals surface area contributed by atoms with Crippen molar-refractivity contribution >= 4 is 60.4 Å². The number of rotatable bonds is 13. The molecule has 3 aromatic heterocycles. The van der Waals surface area contributed by atoms with Crippen molar-refractivity contribution in [1.82, 2.24) is 20.2 Å². The number of Topliss-reactive ketones (excluding diaryl/α,β-unsaturated/α-hetero) is 1. The Morgan fingerprint density at radius 3 is 1.62 bits per heavy atom. The smallest absolute Gasteiger partial charge is 0.413 e. The number of anilines is 2. The number of aromatic nitrogens is 4.